The monoisotopic (exact) mass is 450 g/mol. The summed E-state index contributed by atoms with van der Waals surface area (Å²) in [7, 11) is 0. The van der Waals surface area contributed by atoms with Crippen LogP contribution in [0.25, 0.3) is 5.70 Å². The number of nitrogens with one attached hydrogen (secondary N) is 2. The lowest BCUT2D eigenvalue weighted by molar-refractivity contribution is -0.112. The summed E-state index contributed by atoms with van der Waals surface area (Å²) >= 11 is 12.0. The minimum absolute atomic E-state index is 0.139. The first-order chi connectivity index (χ1) is 15.0. The van der Waals surface area contributed by atoms with E-state index in [4.69, 9.17) is 27.6 Å². The fourth-order valence-corrected chi connectivity index (χ4v) is 3.49. The van der Waals surface area contributed by atoms with Gasteiger partial charge in [0.2, 0.25) is 0 Å². The molecule has 0 fully saturated rings. The SMILES string of the molecule is N#C/C(C(=O)Nc1ccco1)=C1/N=C(NC(=O)c2ccc(Cl)cc2Cl)c2ccccc21. The van der Waals surface area contributed by atoms with E-state index in [1.807, 2.05) is 6.07 Å². The van der Waals surface area contributed by atoms with Crippen LogP contribution in [0.15, 0.2) is 75.8 Å². The topological polar surface area (TPSA) is 107 Å². The number of amides is 2. The molecule has 1 aliphatic rings. The molecule has 2 N–H and O–H groups in total. The van der Waals surface area contributed by atoms with Crippen molar-refractivity contribution in [1.29, 1.82) is 5.26 Å². The molecule has 0 unspecified atom stereocenters. The van der Waals surface area contributed by atoms with Gasteiger partial charge in [-0.25, -0.2) is 4.99 Å². The fraction of sp³-hybridized carbons (Fsp3) is 0. The molecular weight excluding hydrogens is 439 g/mol. The Labute approximate surface area is 186 Å². The maximum atomic E-state index is 12.7. The Morgan fingerprint density at radius 3 is 2.45 bits per heavy atom. The number of carbonyl (C=O) groups is 2. The molecule has 0 radical (unpaired) electrons. The molecule has 31 heavy (non-hydrogen) atoms. The third kappa shape index (κ3) is 4.08. The lowest BCUT2D eigenvalue weighted by Gasteiger charge is -2.07. The Bertz CT molecular complexity index is 1300. The van der Waals surface area contributed by atoms with Crippen molar-refractivity contribution in [2.75, 3.05) is 5.32 Å². The molecule has 0 saturated heterocycles. The summed E-state index contributed by atoms with van der Waals surface area (Å²) in [6, 6.07) is 16.5. The van der Waals surface area contributed by atoms with Gasteiger partial charge < -0.3 is 9.73 Å². The standard InChI is InChI=1S/C22H12Cl2N4O3/c23-12-7-8-15(17(24)10-12)21(29)28-20-14-5-2-1-4-13(14)19(27-20)16(11-25)22(30)26-18-6-3-9-31-18/h1-10H,(H,26,30)(H,27,28,29)/b19-16-. The summed E-state index contributed by atoms with van der Waals surface area (Å²) in [4.78, 5) is 29.7. The van der Waals surface area contributed by atoms with E-state index in [0.29, 0.717) is 16.1 Å². The van der Waals surface area contributed by atoms with Gasteiger partial charge in [0.25, 0.3) is 11.8 Å². The summed E-state index contributed by atoms with van der Waals surface area (Å²) in [5, 5.41) is 15.4. The number of nitriles is 1. The summed E-state index contributed by atoms with van der Waals surface area (Å²) in [6.07, 6.45) is 1.40. The van der Waals surface area contributed by atoms with Crippen LogP contribution in [0, 0.1) is 11.3 Å². The number of aliphatic imine (C=N–C) groups is 1. The first kappa shape index (κ1) is 20.4. The average molecular weight is 451 g/mol. The van der Waals surface area contributed by atoms with E-state index >= 15 is 0 Å². The molecule has 0 aliphatic carbocycles. The molecule has 2 amide bonds. The van der Waals surface area contributed by atoms with Gasteiger partial charge in [0.1, 0.15) is 17.5 Å². The van der Waals surface area contributed by atoms with Crippen molar-refractivity contribution in [3.63, 3.8) is 0 Å². The smallest absolute Gasteiger partial charge is 0.270 e. The van der Waals surface area contributed by atoms with Crippen molar-refractivity contribution >= 4 is 52.4 Å². The van der Waals surface area contributed by atoms with E-state index < -0.39 is 11.8 Å². The summed E-state index contributed by atoms with van der Waals surface area (Å²) in [5.74, 6) is -0.797. The van der Waals surface area contributed by atoms with Crippen molar-refractivity contribution < 1.29 is 14.0 Å². The zero-order valence-electron chi connectivity index (χ0n) is 15.6. The molecule has 152 valence electrons. The third-order valence-corrected chi connectivity index (χ3v) is 4.95. The predicted octanol–water partition coefficient (Wildman–Crippen LogP) is 4.65. The number of furan rings is 1. The molecule has 7 nitrogen and oxygen atoms in total. The van der Waals surface area contributed by atoms with Crippen molar-refractivity contribution in [3.8, 4) is 6.07 Å². The molecule has 1 aliphatic heterocycles. The highest BCUT2D eigenvalue weighted by Gasteiger charge is 2.28. The number of hydrogen-bond acceptors (Lipinski definition) is 5. The lowest BCUT2D eigenvalue weighted by atomic mass is 10.0. The van der Waals surface area contributed by atoms with Gasteiger partial charge in [0.15, 0.2) is 5.88 Å². The number of hydrogen-bond donors (Lipinski definition) is 2. The minimum atomic E-state index is -0.681. The van der Waals surface area contributed by atoms with E-state index in [-0.39, 0.29) is 33.6 Å². The van der Waals surface area contributed by atoms with Gasteiger partial charge >= 0.3 is 0 Å². The number of halogens is 2. The second-order valence-electron chi connectivity index (χ2n) is 6.35. The molecule has 2 aromatic carbocycles. The zero-order valence-corrected chi connectivity index (χ0v) is 17.2. The molecule has 2 heterocycles. The maximum absolute atomic E-state index is 12.7. The molecule has 9 heteroatoms. The number of nitrogens with zero attached hydrogens (tertiary/aromatic N) is 2. The van der Waals surface area contributed by atoms with E-state index in [1.54, 1.807) is 42.5 Å². The molecular formula is C22H12Cl2N4O3. The van der Waals surface area contributed by atoms with Crippen LogP contribution in [0.2, 0.25) is 10.0 Å². The van der Waals surface area contributed by atoms with Crippen molar-refractivity contribution in [2.24, 2.45) is 4.99 Å². The van der Waals surface area contributed by atoms with Crippen molar-refractivity contribution in [2.45, 2.75) is 0 Å². The number of rotatable bonds is 3. The molecule has 4 rings (SSSR count). The predicted molar refractivity (Wildman–Crippen MR) is 117 cm³/mol. The fourth-order valence-electron chi connectivity index (χ4n) is 3.00. The number of benzene rings is 2. The largest absolute Gasteiger partial charge is 0.449 e. The van der Waals surface area contributed by atoms with Crippen LogP contribution in [0.1, 0.15) is 21.5 Å². The van der Waals surface area contributed by atoms with Gasteiger partial charge in [-0.15, -0.1) is 0 Å². The molecule has 1 aromatic heterocycles. The van der Waals surface area contributed by atoms with Crippen molar-refractivity contribution in [3.05, 3.63) is 93.2 Å². The van der Waals surface area contributed by atoms with Crippen LogP contribution in [0.5, 0.6) is 0 Å². The van der Waals surface area contributed by atoms with Crippen LogP contribution in [-0.2, 0) is 4.79 Å². The summed E-state index contributed by atoms with van der Waals surface area (Å²) in [6.45, 7) is 0. The lowest BCUT2D eigenvalue weighted by Crippen LogP contribution is -2.30. The number of amidine groups is 1. The van der Waals surface area contributed by atoms with E-state index in [9.17, 15) is 14.9 Å². The van der Waals surface area contributed by atoms with Crippen LogP contribution in [0.3, 0.4) is 0 Å². The highest BCUT2D eigenvalue weighted by molar-refractivity contribution is 6.37. The first-order valence-electron chi connectivity index (χ1n) is 8.92. The van der Waals surface area contributed by atoms with Crippen molar-refractivity contribution in [1.82, 2.24) is 5.32 Å². The van der Waals surface area contributed by atoms with Gasteiger partial charge in [0.05, 0.1) is 22.5 Å². The van der Waals surface area contributed by atoms with Crippen LogP contribution < -0.4 is 10.6 Å². The quantitative estimate of drug-likeness (QED) is 0.447. The van der Waals surface area contributed by atoms with Crippen LogP contribution >= 0.6 is 23.2 Å². The highest BCUT2D eigenvalue weighted by atomic mass is 35.5. The Kier molecular flexibility index (Phi) is 5.58. The summed E-state index contributed by atoms with van der Waals surface area (Å²) in [5.41, 5.74) is 1.22. The van der Waals surface area contributed by atoms with Gasteiger partial charge in [0, 0.05) is 22.2 Å². The van der Waals surface area contributed by atoms with E-state index in [0.717, 1.165) is 0 Å². The number of fused-ring (bicyclic) bond motifs is 1. The number of anilines is 1. The second kappa shape index (κ2) is 8.48. The first-order valence-corrected chi connectivity index (χ1v) is 9.67. The molecule has 0 atom stereocenters. The summed E-state index contributed by atoms with van der Waals surface area (Å²) < 4.78 is 5.09. The Balaban J connectivity index is 1.71. The Morgan fingerprint density at radius 1 is 1.00 bits per heavy atom. The van der Waals surface area contributed by atoms with E-state index in [2.05, 4.69) is 15.6 Å². The minimum Gasteiger partial charge on any atom is -0.449 e. The molecule has 0 spiro atoms. The third-order valence-electron chi connectivity index (χ3n) is 4.40. The Hall–Kier alpha value is -3.86. The van der Waals surface area contributed by atoms with Crippen LogP contribution in [0.4, 0.5) is 5.88 Å². The van der Waals surface area contributed by atoms with Crippen LogP contribution in [-0.4, -0.2) is 17.6 Å². The van der Waals surface area contributed by atoms with Gasteiger partial charge in [-0.3, -0.25) is 14.9 Å². The molecule has 3 aromatic rings. The molecule has 0 bridgehead atoms. The van der Waals surface area contributed by atoms with Gasteiger partial charge in [-0.1, -0.05) is 47.5 Å². The maximum Gasteiger partial charge on any atom is 0.270 e. The number of carbonyl (C=O) groups excluding carboxylic acids is 2. The zero-order chi connectivity index (χ0) is 22.0. The molecule has 0 saturated carbocycles. The Morgan fingerprint density at radius 2 is 1.77 bits per heavy atom. The van der Waals surface area contributed by atoms with E-state index in [1.165, 1.54) is 18.4 Å². The van der Waals surface area contributed by atoms with Gasteiger partial charge in [-0.2, -0.15) is 5.26 Å². The highest BCUT2D eigenvalue weighted by Crippen LogP contribution is 2.31. The second-order valence-corrected chi connectivity index (χ2v) is 7.19. The average Bonchev–Trinajstić information content (AvgIpc) is 3.37. The van der Waals surface area contributed by atoms with Gasteiger partial charge in [-0.05, 0) is 24.3 Å². The normalized spacial score (nSPS) is 13.6.